The summed E-state index contributed by atoms with van der Waals surface area (Å²) in [6.45, 7) is -0.317. The van der Waals surface area contributed by atoms with Crippen LogP contribution in [0.1, 0.15) is 29.5 Å². The molecule has 1 heterocycles. The molecular formula is C10H14F2N2OS. The predicted octanol–water partition coefficient (Wildman–Crippen LogP) is 2.21. The van der Waals surface area contributed by atoms with Crippen molar-refractivity contribution < 1.29 is 13.9 Å². The van der Waals surface area contributed by atoms with Crippen molar-refractivity contribution in [1.29, 1.82) is 0 Å². The molecule has 3 nitrogen and oxygen atoms in total. The van der Waals surface area contributed by atoms with E-state index in [-0.39, 0.29) is 6.54 Å². The van der Waals surface area contributed by atoms with Crippen molar-refractivity contribution >= 4 is 16.5 Å². The molecule has 0 aliphatic heterocycles. The highest BCUT2D eigenvalue weighted by Crippen LogP contribution is 2.36. The third kappa shape index (κ3) is 2.32. The molecule has 0 aromatic carbocycles. The van der Waals surface area contributed by atoms with Gasteiger partial charge in [-0.25, -0.2) is 13.8 Å². The molecule has 2 rings (SSSR count). The van der Waals surface area contributed by atoms with Crippen molar-refractivity contribution in [2.45, 2.75) is 31.8 Å². The van der Waals surface area contributed by atoms with Crippen molar-refractivity contribution in [2.24, 2.45) is 0 Å². The molecule has 1 atom stereocenters. The third-order valence-electron chi connectivity index (χ3n) is 2.65. The van der Waals surface area contributed by atoms with Crippen molar-refractivity contribution in [3.8, 4) is 0 Å². The SMILES string of the molecule is CN(CC(F)F)c1nc2c(s1)CCCC2O. The minimum absolute atomic E-state index is 0.317. The maximum absolute atomic E-state index is 12.2. The van der Waals surface area contributed by atoms with E-state index in [4.69, 9.17) is 0 Å². The number of halogens is 2. The average molecular weight is 248 g/mol. The zero-order valence-electron chi connectivity index (χ0n) is 8.99. The molecule has 0 amide bonds. The Kier molecular flexibility index (Phi) is 3.39. The van der Waals surface area contributed by atoms with Gasteiger partial charge in [-0.15, -0.1) is 11.3 Å². The summed E-state index contributed by atoms with van der Waals surface area (Å²) in [4.78, 5) is 6.73. The lowest BCUT2D eigenvalue weighted by Gasteiger charge is -2.15. The molecular weight excluding hydrogens is 234 g/mol. The molecule has 0 saturated heterocycles. The maximum atomic E-state index is 12.2. The Bertz CT molecular complexity index is 370. The van der Waals surface area contributed by atoms with Gasteiger partial charge in [-0.3, -0.25) is 0 Å². The fourth-order valence-electron chi connectivity index (χ4n) is 1.83. The van der Waals surface area contributed by atoms with E-state index < -0.39 is 12.5 Å². The van der Waals surface area contributed by atoms with Gasteiger partial charge in [-0.05, 0) is 19.3 Å². The van der Waals surface area contributed by atoms with Gasteiger partial charge in [-0.2, -0.15) is 0 Å². The Hall–Kier alpha value is -0.750. The summed E-state index contributed by atoms with van der Waals surface area (Å²) in [6.07, 6.45) is -0.333. The highest BCUT2D eigenvalue weighted by Gasteiger charge is 2.24. The van der Waals surface area contributed by atoms with E-state index in [1.165, 1.54) is 16.2 Å². The van der Waals surface area contributed by atoms with Crippen molar-refractivity contribution in [2.75, 3.05) is 18.5 Å². The molecule has 1 N–H and O–H groups in total. The zero-order chi connectivity index (χ0) is 11.7. The Morgan fingerprint density at radius 1 is 1.62 bits per heavy atom. The summed E-state index contributed by atoms with van der Waals surface area (Å²) in [5.41, 5.74) is 0.687. The second kappa shape index (κ2) is 4.63. The molecule has 1 aromatic heterocycles. The van der Waals surface area contributed by atoms with Crippen LogP contribution in [-0.2, 0) is 6.42 Å². The number of hydrogen-bond donors (Lipinski definition) is 1. The number of hydrogen-bond acceptors (Lipinski definition) is 4. The van der Waals surface area contributed by atoms with Crippen LogP contribution in [0, 0.1) is 0 Å². The second-order valence-corrected chi connectivity index (χ2v) is 5.05. The zero-order valence-corrected chi connectivity index (χ0v) is 9.81. The van der Waals surface area contributed by atoms with Gasteiger partial charge in [0.25, 0.3) is 6.43 Å². The summed E-state index contributed by atoms with van der Waals surface area (Å²) < 4.78 is 24.4. The Morgan fingerprint density at radius 2 is 2.38 bits per heavy atom. The average Bonchev–Trinajstić information content (AvgIpc) is 2.61. The lowest BCUT2D eigenvalue weighted by atomic mass is 10.0. The molecule has 6 heteroatoms. The second-order valence-electron chi connectivity index (χ2n) is 3.98. The molecule has 1 aromatic rings. The smallest absolute Gasteiger partial charge is 0.255 e. The number of aliphatic hydroxyl groups excluding tert-OH is 1. The van der Waals surface area contributed by atoms with Crippen LogP contribution < -0.4 is 4.90 Å². The normalized spacial score (nSPS) is 19.9. The van der Waals surface area contributed by atoms with Crippen LogP contribution in [0.25, 0.3) is 0 Å². The number of aromatic nitrogens is 1. The number of rotatable bonds is 3. The van der Waals surface area contributed by atoms with Gasteiger partial charge in [0.15, 0.2) is 5.13 Å². The molecule has 1 unspecified atom stereocenters. The Balaban J connectivity index is 2.17. The molecule has 1 aliphatic carbocycles. The topological polar surface area (TPSA) is 36.4 Å². The summed E-state index contributed by atoms with van der Waals surface area (Å²) in [5, 5.41) is 10.3. The van der Waals surface area contributed by atoms with E-state index in [1.54, 1.807) is 7.05 Å². The number of nitrogens with zero attached hydrogens (tertiary/aromatic N) is 2. The van der Waals surface area contributed by atoms with Gasteiger partial charge in [0.2, 0.25) is 0 Å². The van der Waals surface area contributed by atoms with Gasteiger partial charge in [0, 0.05) is 11.9 Å². The van der Waals surface area contributed by atoms with Crippen LogP contribution in [-0.4, -0.2) is 30.1 Å². The number of thiazole rings is 1. The molecule has 0 saturated carbocycles. The molecule has 0 radical (unpaired) electrons. The first-order valence-corrected chi connectivity index (χ1v) is 6.06. The first-order valence-electron chi connectivity index (χ1n) is 5.25. The van der Waals surface area contributed by atoms with Crippen molar-refractivity contribution in [3.05, 3.63) is 10.6 Å². The van der Waals surface area contributed by atoms with Crippen LogP contribution in [0.5, 0.6) is 0 Å². The Labute approximate surface area is 96.7 Å². The highest BCUT2D eigenvalue weighted by molar-refractivity contribution is 7.15. The van der Waals surface area contributed by atoms with E-state index in [1.807, 2.05) is 0 Å². The van der Waals surface area contributed by atoms with Gasteiger partial charge >= 0.3 is 0 Å². The van der Waals surface area contributed by atoms with Crippen LogP contribution in [0.4, 0.5) is 13.9 Å². The number of fused-ring (bicyclic) bond motifs is 1. The van der Waals surface area contributed by atoms with Crippen molar-refractivity contribution in [3.63, 3.8) is 0 Å². The van der Waals surface area contributed by atoms with Gasteiger partial charge in [0.05, 0.1) is 18.3 Å². The molecule has 90 valence electrons. The van der Waals surface area contributed by atoms with Gasteiger partial charge in [0.1, 0.15) is 0 Å². The number of anilines is 1. The minimum Gasteiger partial charge on any atom is -0.387 e. The monoisotopic (exact) mass is 248 g/mol. The van der Waals surface area contributed by atoms with E-state index in [0.717, 1.165) is 17.7 Å². The lowest BCUT2D eigenvalue weighted by Crippen LogP contribution is -2.23. The molecule has 0 bridgehead atoms. The summed E-state index contributed by atoms with van der Waals surface area (Å²) >= 11 is 1.41. The van der Waals surface area contributed by atoms with E-state index in [9.17, 15) is 13.9 Å². The van der Waals surface area contributed by atoms with Gasteiger partial charge < -0.3 is 10.0 Å². The first-order chi connectivity index (χ1) is 7.58. The van der Waals surface area contributed by atoms with Crippen LogP contribution >= 0.6 is 11.3 Å². The van der Waals surface area contributed by atoms with Gasteiger partial charge in [-0.1, -0.05) is 0 Å². The fraction of sp³-hybridized carbons (Fsp3) is 0.700. The summed E-state index contributed by atoms with van der Waals surface area (Å²) in [7, 11) is 1.60. The standard InChI is InChI=1S/C10H14F2N2OS/c1-14(5-8(11)12)10-13-9-6(15)3-2-4-7(9)16-10/h6,8,15H,2-5H2,1H3. The molecule has 16 heavy (non-hydrogen) atoms. The number of alkyl halides is 2. The van der Waals surface area contributed by atoms with Crippen LogP contribution in [0.3, 0.4) is 0 Å². The maximum Gasteiger partial charge on any atom is 0.255 e. The Morgan fingerprint density at radius 3 is 3.00 bits per heavy atom. The van der Waals surface area contributed by atoms with E-state index in [0.29, 0.717) is 17.2 Å². The third-order valence-corrected chi connectivity index (χ3v) is 3.90. The molecule has 0 spiro atoms. The van der Waals surface area contributed by atoms with E-state index >= 15 is 0 Å². The number of aryl methyl sites for hydroxylation is 1. The minimum atomic E-state index is -2.36. The predicted molar refractivity (Wildman–Crippen MR) is 59.3 cm³/mol. The fourth-order valence-corrected chi connectivity index (χ4v) is 2.96. The summed E-state index contributed by atoms with van der Waals surface area (Å²) in [6, 6.07) is 0. The van der Waals surface area contributed by atoms with Crippen LogP contribution in [0.15, 0.2) is 0 Å². The first kappa shape index (κ1) is 11.7. The quantitative estimate of drug-likeness (QED) is 0.891. The molecule has 0 fully saturated rings. The lowest BCUT2D eigenvalue weighted by molar-refractivity contribution is 0.152. The van der Waals surface area contributed by atoms with Crippen LogP contribution in [0.2, 0.25) is 0 Å². The number of aliphatic hydroxyl groups is 1. The largest absolute Gasteiger partial charge is 0.387 e. The van der Waals surface area contributed by atoms with Crippen molar-refractivity contribution in [1.82, 2.24) is 4.98 Å². The highest BCUT2D eigenvalue weighted by atomic mass is 32.1. The van der Waals surface area contributed by atoms with E-state index in [2.05, 4.69) is 4.98 Å². The summed E-state index contributed by atoms with van der Waals surface area (Å²) in [5.74, 6) is 0. The molecule has 1 aliphatic rings.